The number of nitrogens with two attached hydrogens (primary N) is 1. The van der Waals surface area contributed by atoms with Gasteiger partial charge < -0.3 is 85.2 Å². The molecule has 15 atom stereocenters. The molecule has 0 aromatic heterocycles. The van der Waals surface area contributed by atoms with Crippen LogP contribution in [0.2, 0.25) is 0 Å². The summed E-state index contributed by atoms with van der Waals surface area (Å²) < 4.78 is 58.7. The zero-order valence-corrected chi connectivity index (χ0v) is 21.0. The molecule has 3 fully saturated rings. The van der Waals surface area contributed by atoms with Crippen LogP contribution in [-0.4, -0.2) is 182 Å². The quantitative estimate of drug-likeness (QED) is 0.105. The first-order chi connectivity index (χ1) is 18.8. The van der Waals surface area contributed by atoms with E-state index in [1.165, 1.54) is 0 Å². The maximum atomic E-state index is 13.6. The van der Waals surface area contributed by atoms with E-state index < -0.39 is 131 Å². The second-order valence-electron chi connectivity index (χ2n) is 9.68. The molecular weight excluding hydrogens is 560 g/mol. The molecule has 12 N–H and O–H groups in total. The number of rotatable bonds is 11. The Morgan fingerprint density at radius 2 is 0.975 bits per heavy atom. The molecule has 0 amide bonds. The van der Waals surface area contributed by atoms with Crippen LogP contribution >= 0.6 is 0 Å². The van der Waals surface area contributed by atoms with Crippen molar-refractivity contribution < 1.29 is 88.3 Å². The van der Waals surface area contributed by atoms with Gasteiger partial charge in [-0.05, 0) is 0 Å². The first-order valence-electron chi connectivity index (χ1n) is 12.4. The van der Waals surface area contributed by atoms with E-state index in [4.69, 9.17) is 34.2 Å². The summed E-state index contributed by atoms with van der Waals surface area (Å²) in [6, 6.07) is 0. The van der Waals surface area contributed by atoms with E-state index in [9.17, 15) is 59.8 Å². The predicted octanol–water partition coefficient (Wildman–Crippen LogP) is -6.95. The van der Waals surface area contributed by atoms with Gasteiger partial charge in [0.05, 0.1) is 26.4 Å². The summed E-state index contributed by atoms with van der Waals surface area (Å²) in [4.78, 5) is 0. The van der Waals surface area contributed by atoms with Gasteiger partial charge in [0.2, 0.25) is 0 Å². The Labute approximate surface area is 225 Å². The largest absolute Gasteiger partial charge is 0.394 e. The van der Waals surface area contributed by atoms with E-state index in [2.05, 4.69) is 0 Å². The molecule has 40 heavy (non-hydrogen) atoms. The Morgan fingerprint density at radius 1 is 0.575 bits per heavy atom. The van der Waals surface area contributed by atoms with Gasteiger partial charge in [0.25, 0.3) is 5.92 Å². The molecule has 0 radical (unpaired) electrons. The van der Waals surface area contributed by atoms with E-state index >= 15 is 0 Å². The zero-order chi connectivity index (χ0) is 29.9. The smallest absolute Gasteiger partial charge is 0.283 e. The molecule has 3 saturated heterocycles. The minimum Gasteiger partial charge on any atom is -0.394 e. The summed E-state index contributed by atoms with van der Waals surface area (Å²) in [7, 11) is 0. The van der Waals surface area contributed by atoms with Gasteiger partial charge in [0.1, 0.15) is 79.9 Å². The predicted molar refractivity (Wildman–Crippen MR) is 119 cm³/mol. The third-order valence-electron chi connectivity index (χ3n) is 6.83. The summed E-state index contributed by atoms with van der Waals surface area (Å²) in [6.45, 7) is -4.97. The van der Waals surface area contributed by atoms with Gasteiger partial charge in [-0.1, -0.05) is 0 Å². The first kappa shape index (κ1) is 33.7. The lowest BCUT2D eigenvalue weighted by molar-refractivity contribution is -0.382. The molecule has 3 heterocycles. The minimum absolute atomic E-state index is 0.805. The Hall–Kier alpha value is -0.820. The number of hydrogen-bond donors (Lipinski definition) is 11. The second-order valence-corrected chi connectivity index (χ2v) is 9.68. The molecule has 0 aliphatic carbocycles. The van der Waals surface area contributed by atoms with Gasteiger partial charge in [0.15, 0.2) is 18.9 Å². The normalized spacial score (nSPS) is 46.9. The molecule has 0 saturated carbocycles. The van der Waals surface area contributed by atoms with Crippen LogP contribution in [0.1, 0.15) is 0 Å². The maximum Gasteiger partial charge on any atom is 0.283 e. The Bertz CT molecular complexity index is 787. The fourth-order valence-electron chi connectivity index (χ4n) is 4.43. The van der Waals surface area contributed by atoms with Crippen molar-refractivity contribution in [2.45, 2.75) is 98.0 Å². The molecule has 3 aliphatic heterocycles. The van der Waals surface area contributed by atoms with Crippen LogP contribution in [0.5, 0.6) is 0 Å². The van der Waals surface area contributed by atoms with E-state index in [1.807, 2.05) is 0 Å². The standard InChI is InChI=1S/C21H37F2NO16/c22-21(23,4-24)5-35-18-14(33)16(10(29)7(2-26)36-18)40-20-15(34)17(11(30)8(3-27)38-20)39-19-13(32)12(31)9(28)6(1-25)37-19/h6-20,25-34H,1-5,24H2/t6?,7?,8?,9-,10-,11-,12+,13?,14?,15?,16+,17+,18+,19-,20-/m1/s1. The van der Waals surface area contributed by atoms with Gasteiger partial charge >= 0.3 is 0 Å². The number of aliphatic hydroxyl groups is 10. The first-order valence-corrected chi connectivity index (χ1v) is 12.4. The number of ether oxygens (including phenoxy) is 6. The summed E-state index contributed by atoms with van der Waals surface area (Å²) in [5.74, 6) is -3.51. The zero-order valence-electron chi connectivity index (χ0n) is 21.0. The molecule has 0 bridgehead atoms. The lowest BCUT2D eigenvalue weighted by atomic mass is 9.96. The SMILES string of the molecule is NCC(F)(F)CO[C@H]1OC(CO)[C@@H](O)[C@H](O[C@H]2OC(CO)[C@@H](O)[C@H](O[C@H]3OC(CO)[C@@H](O)[C@H](O)C3O)C2O)C1O. The number of aliphatic hydroxyl groups excluding tert-OH is 10. The third kappa shape index (κ3) is 7.21. The molecule has 236 valence electrons. The maximum absolute atomic E-state index is 13.6. The van der Waals surface area contributed by atoms with Crippen LogP contribution in [-0.2, 0) is 28.4 Å². The monoisotopic (exact) mass is 597 g/mol. The van der Waals surface area contributed by atoms with E-state index in [0.29, 0.717) is 0 Å². The van der Waals surface area contributed by atoms with Crippen LogP contribution in [0, 0.1) is 0 Å². The van der Waals surface area contributed by atoms with Crippen LogP contribution < -0.4 is 5.73 Å². The Morgan fingerprint density at radius 3 is 1.43 bits per heavy atom. The Balaban J connectivity index is 1.78. The van der Waals surface area contributed by atoms with Crippen LogP contribution in [0.25, 0.3) is 0 Å². The lowest BCUT2D eigenvalue weighted by Gasteiger charge is -2.48. The molecule has 19 heteroatoms. The van der Waals surface area contributed by atoms with Crippen LogP contribution in [0.4, 0.5) is 8.78 Å². The molecular formula is C21H37F2NO16. The topological polar surface area (TPSA) is 284 Å². The van der Waals surface area contributed by atoms with Crippen molar-refractivity contribution >= 4 is 0 Å². The van der Waals surface area contributed by atoms with Crippen molar-refractivity contribution in [3.8, 4) is 0 Å². The minimum atomic E-state index is -3.51. The average Bonchev–Trinajstić information content (AvgIpc) is 2.93. The molecule has 6 unspecified atom stereocenters. The van der Waals surface area contributed by atoms with Gasteiger partial charge in [-0.3, -0.25) is 0 Å². The molecule has 0 spiro atoms. The van der Waals surface area contributed by atoms with E-state index in [-0.39, 0.29) is 0 Å². The van der Waals surface area contributed by atoms with Crippen molar-refractivity contribution in [3.63, 3.8) is 0 Å². The summed E-state index contributed by atoms with van der Waals surface area (Å²) in [5, 5.41) is 102. The summed E-state index contributed by atoms with van der Waals surface area (Å²) >= 11 is 0. The number of hydrogen-bond acceptors (Lipinski definition) is 17. The molecule has 3 aliphatic rings. The number of alkyl halides is 2. The lowest BCUT2D eigenvalue weighted by Crippen LogP contribution is -2.67. The fraction of sp³-hybridized carbons (Fsp3) is 1.00. The highest BCUT2D eigenvalue weighted by Gasteiger charge is 2.54. The fourth-order valence-corrected chi connectivity index (χ4v) is 4.43. The summed E-state index contributed by atoms with van der Waals surface area (Å²) in [5.41, 5.74) is 4.96. The molecule has 17 nitrogen and oxygen atoms in total. The average molecular weight is 598 g/mol. The van der Waals surface area contributed by atoms with Gasteiger partial charge in [-0.25, -0.2) is 8.78 Å². The highest BCUT2D eigenvalue weighted by molar-refractivity contribution is 4.96. The van der Waals surface area contributed by atoms with Gasteiger partial charge in [-0.2, -0.15) is 0 Å². The van der Waals surface area contributed by atoms with Crippen molar-refractivity contribution in [1.82, 2.24) is 0 Å². The van der Waals surface area contributed by atoms with Crippen molar-refractivity contribution in [3.05, 3.63) is 0 Å². The number of halogens is 2. The van der Waals surface area contributed by atoms with Gasteiger partial charge in [-0.15, -0.1) is 0 Å². The van der Waals surface area contributed by atoms with Crippen LogP contribution in [0.3, 0.4) is 0 Å². The van der Waals surface area contributed by atoms with Crippen molar-refractivity contribution in [2.24, 2.45) is 5.73 Å². The molecule has 0 aromatic carbocycles. The Kier molecular flexibility index (Phi) is 11.9. The van der Waals surface area contributed by atoms with Gasteiger partial charge in [0, 0.05) is 0 Å². The van der Waals surface area contributed by atoms with Crippen LogP contribution in [0.15, 0.2) is 0 Å². The third-order valence-corrected chi connectivity index (χ3v) is 6.83. The van der Waals surface area contributed by atoms with Crippen molar-refractivity contribution in [1.29, 1.82) is 0 Å². The van der Waals surface area contributed by atoms with Crippen molar-refractivity contribution in [2.75, 3.05) is 33.0 Å². The molecule has 0 aromatic rings. The molecule has 3 rings (SSSR count). The second kappa shape index (κ2) is 14.1. The highest BCUT2D eigenvalue weighted by atomic mass is 19.3. The van der Waals surface area contributed by atoms with E-state index in [0.717, 1.165) is 0 Å². The summed E-state index contributed by atoms with van der Waals surface area (Å²) in [6.07, 6.45) is -26.9. The highest BCUT2D eigenvalue weighted by Crippen LogP contribution is 2.33. The van der Waals surface area contributed by atoms with E-state index in [1.54, 1.807) is 0 Å².